The molecule has 0 radical (unpaired) electrons. The van der Waals surface area contributed by atoms with Crippen molar-refractivity contribution in [1.29, 1.82) is 0 Å². The highest BCUT2D eigenvalue weighted by Crippen LogP contribution is 2.31. The molecule has 1 aromatic carbocycles. The Bertz CT molecular complexity index is 746. The van der Waals surface area contributed by atoms with Crippen molar-refractivity contribution < 1.29 is 9.59 Å². The molecular weight excluding hydrogens is 316 g/mol. The highest BCUT2D eigenvalue weighted by molar-refractivity contribution is 5.86. The number of nitrogens with one attached hydrogen (secondary N) is 2. The van der Waals surface area contributed by atoms with E-state index in [1.807, 2.05) is 29.2 Å². The maximum absolute atomic E-state index is 12.6. The van der Waals surface area contributed by atoms with Crippen LogP contribution in [-0.2, 0) is 9.59 Å². The van der Waals surface area contributed by atoms with Crippen molar-refractivity contribution in [3.63, 3.8) is 0 Å². The van der Waals surface area contributed by atoms with Crippen molar-refractivity contribution in [2.75, 3.05) is 13.1 Å². The highest BCUT2D eigenvalue weighted by Gasteiger charge is 2.32. The fourth-order valence-electron chi connectivity index (χ4n) is 4.08. The van der Waals surface area contributed by atoms with Gasteiger partial charge in [0.15, 0.2) is 0 Å². The molecule has 2 N–H and O–H groups in total. The number of carbonyl (C=O) groups is 2. The zero-order valence-corrected chi connectivity index (χ0v) is 14.3. The van der Waals surface area contributed by atoms with E-state index in [4.69, 9.17) is 0 Å². The second kappa shape index (κ2) is 6.86. The normalized spacial score (nSPS) is 21.1. The fourth-order valence-corrected chi connectivity index (χ4v) is 4.08. The van der Waals surface area contributed by atoms with Crippen LogP contribution < -0.4 is 5.32 Å². The zero-order chi connectivity index (χ0) is 17.2. The lowest BCUT2D eigenvalue weighted by molar-refractivity contribution is -0.134. The molecule has 6 heteroatoms. The van der Waals surface area contributed by atoms with Gasteiger partial charge in [-0.05, 0) is 37.8 Å². The summed E-state index contributed by atoms with van der Waals surface area (Å²) in [5, 5.41) is 2.84. The molecule has 1 aliphatic heterocycles. The SMILES string of the molecule is O=C(NCC(=O)N1CCCC1c1nc2ccccc2[nH]1)C1CCCC1. The van der Waals surface area contributed by atoms with Gasteiger partial charge in [0, 0.05) is 12.5 Å². The molecule has 25 heavy (non-hydrogen) atoms. The molecule has 132 valence electrons. The topological polar surface area (TPSA) is 78.1 Å². The van der Waals surface area contributed by atoms with Gasteiger partial charge in [-0.2, -0.15) is 0 Å². The summed E-state index contributed by atoms with van der Waals surface area (Å²) >= 11 is 0. The molecular formula is C19H24N4O2. The lowest BCUT2D eigenvalue weighted by Gasteiger charge is -2.23. The Hall–Kier alpha value is -2.37. The van der Waals surface area contributed by atoms with Crippen LogP contribution in [0.2, 0.25) is 0 Å². The summed E-state index contributed by atoms with van der Waals surface area (Å²) in [5.74, 6) is 0.950. The number of rotatable bonds is 4. The molecule has 1 saturated carbocycles. The number of aromatic amines is 1. The van der Waals surface area contributed by atoms with Crippen molar-refractivity contribution >= 4 is 22.8 Å². The first-order valence-electron chi connectivity index (χ1n) is 9.24. The Morgan fingerprint density at radius 3 is 2.76 bits per heavy atom. The van der Waals surface area contributed by atoms with Crippen molar-refractivity contribution in [3.8, 4) is 0 Å². The standard InChI is InChI=1S/C19H24N4O2/c24-17(12-20-19(25)13-6-1-2-7-13)23-11-5-10-16(23)18-21-14-8-3-4-9-15(14)22-18/h3-4,8-9,13,16H,1-2,5-7,10-12H2,(H,20,25)(H,21,22). The Labute approximate surface area is 147 Å². The van der Waals surface area contributed by atoms with E-state index < -0.39 is 0 Å². The lowest BCUT2D eigenvalue weighted by Crippen LogP contribution is -2.41. The second-order valence-electron chi connectivity index (χ2n) is 7.08. The minimum Gasteiger partial charge on any atom is -0.347 e. The van der Waals surface area contributed by atoms with E-state index in [1.54, 1.807) is 0 Å². The molecule has 2 heterocycles. The number of imidazole rings is 1. The van der Waals surface area contributed by atoms with Crippen LogP contribution in [0.5, 0.6) is 0 Å². The summed E-state index contributed by atoms with van der Waals surface area (Å²) in [6.45, 7) is 0.811. The van der Waals surface area contributed by atoms with Crippen LogP contribution in [0.15, 0.2) is 24.3 Å². The second-order valence-corrected chi connectivity index (χ2v) is 7.08. The average molecular weight is 340 g/mol. The zero-order valence-electron chi connectivity index (χ0n) is 14.3. The molecule has 2 aliphatic rings. The van der Waals surface area contributed by atoms with Crippen LogP contribution in [0.1, 0.15) is 50.4 Å². The molecule has 2 amide bonds. The van der Waals surface area contributed by atoms with Crippen LogP contribution in [0, 0.1) is 5.92 Å². The summed E-state index contributed by atoms with van der Waals surface area (Å²) in [4.78, 5) is 34.6. The van der Waals surface area contributed by atoms with Gasteiger partial charge in [0.1, 0.15) is 5.82 Å². The van der Waals surface area contributed by atoms with Gasteiger partial charge in [-0.3, -0.25) is 9.59 Å². The quantitative estimate of drug-likeness (QED) is 0.898. The van der Waals surface area contributed by atoms with Crippen LogP contribution in [0.25, 0.3) is 11.0 Å². The summed E-state index contributed by atoms with van der Waals surface area (Å²) in [6.07, 6.45) is 6.00. The van der Waals surface area contributed by atoms with Crippen molar-refractivity contribution in [1.82, 2.24) is 20.2 Å². The Kier molecular flexibility index (Phi) is 4.42. The van der Waals surface area contributed by atoms with Gasteiger partial charge in [0.25, 0.3) is 0 Å². The summed E-state index contributed by atoms with van der Waals surface area (Å²) in [6, 6.07) is 7.87. The largest absolute Gasteiger partial charge is 0.347 e. The van der Waals surface area contributed by atoms with Gasteiger partial charge in [-0.1, -0.05) is 25.0 Å². The van der Waals surface area contributed by atoms with Crippen molar-refractivity contribution in [3.05, 3.63) is 30.1 Å². The van der Waals surface area contributed by atoms with Crippen LogP contribution >= 0.6 is 0 Å². The number of para-hydroxylation sites is 2. The molecule has 1 atom stereocenters. The van der Waals surface area contributed by atoms with Crippen LogP contribution in [0.3, 0.4) is 0 Å². The summed E-state index contributed by atoms with van der Waals surface area (Å²) in [7, 11) is 0. The highest BCUT2D eigenvalue weighted by atomic mass is 16.2. The lowest BCUT2D eigenvalue weighted by atomic mass is 10.1. The van der Waals surface area contributed by atoms with E-state index in [1.165, 1.54) is 0 Å². The fraction of sp³-hybridized carbons (Fsp3) is 0.526. The summed E-state index contributed by atoms with van der Waals surface area (Å²) < 4.78 is 0. The molecule has 1 aromatic heterocycles. The third-order valence-electron chi connectivity index (χ3n) is 5.44. The van der Waals surface area contributed by atoms with Crippen LogP contribution in [0.4, 0.5) is 0 Å². The Morgan fingerprint density at radius 2 is 1.96 bits per heavy atom. The number of carbonyl (C=O) groups excluding carboxylic acids is 2. The number of H-pyrrole nitrogens is 1. The van der Waals surface area contributed by atoms with E-state index in [0.717, 1.165) is 61.9 Å². The van der Waals surface area contributed by atoms with Gasteiger partial charge in [-0.25, -0.2) is 4.98 Å². The van der Waals surface area contributed by atoms with Gasteiger partial charge in [0.05, 0.1) is 23.6 Å². The van der Waals surface area contributed by atoms with Gasteiger partial charge in [-0.15, -0.1) is 0 Å². The number of hydrogen-bond acceptors (Lipinski definition) is 3. The van der Waals surface area contributed by atoms with Gasteiger partial charge in [0.2, 0.25) is 11.8 Å². The molecule has 1 saturated heterocycles. The molecule has 6 nitrogen and oxygen atoms in total. The first kappa shape index (κ1) is 16.1. The smallest absolute Gasteiger partial charge is 0.242 e. The molecule has 4 rings (SSSR count). The minimum atomic E-state index is -0.0247. The number of nitrogens with zero attached hydrogens (tertiary/aromatic N) is 2. The number of benzene rings is 1. The molecule has 2 aromatic rings. The van der Waals surface area contributed by atoms with Crippen molar-refractivity contribution in [2.24, 2.45) is 5.92 Å². The molecule has 0 spiro atoms. The minimum absolute atomic E-state index is 0.0192. The predicted molar refractivity (Wildman–Crippen MR) is 94.7 cm³/mol. The average Bonchev–Trinajstić information content (AvgIpc) is 3.38. The van der Waals surface area contributed by atoms with E-state index in [9.17, 15) is 9.59 Å². The molecule has 1 unspecified atom stereocenters. The van der Waals surface area contributed by atoms with Crippen molar-refractivity contribution in [2.45, 2.75) is 44.6 Å². The van der Waals surface area contributed by atoms with Gasteiger partial charge < -0.3 is 15.2 Å². The van der Waals surface area contributed by atoms with Crippen LogP contribution in [-0.4, -0.2) is 39.8 Å². The Balaban J connectivity index is 1.41. The maximum atomic E-state index is 12.6. The molecule has 1 aliphatic carbocycles. The number of likely N-dealkylation sites (tertiary alicyclic amines) is 1. The number of fused-ring (bicyclic) bond motifs is 1. The Morgan fingerprint density at radius 1 is 1.16 bits per heavy atom. The first-order valence-corrected chi connectivity index (χ1v) is 9.24. The first-order chi connectivity index (χ1) is 12.2. The maximum Gasteiger partial charge on any atom is 0.242 e. The monoisotopic (exact) mass is 340 g/mol. The summed E-state index contributed by atoms with van der Waals surface area (Å²) in [5.41, 5.74) is 1.91. The van der Waals surface area contributed by atoms with E-state index in [-0.39, 0.29) is 30.3 Å². The van der Waals surface area contributed by atoms with Gasteiger partial charge >= 0.3 is 0 Å². The van der Waals surface area contributed by atoms with E-state index in [0.29, 0.717) is 0 Å². The predicted octanol–water partition coefficient (Wildman–Crippen LogP) is 2.53. The third-order valence-corrected chi connectivity index (χ3v) is 5.44. The number of amides is 2. The van der Waals surface area contributed by atoms with E-state index >= 15 is 0 Å². The van der Waals surface area contributed by atoms with E-state index in [2.05, 4.69) is 15.3 Å². The third kappa shape index (κ3) is 3.25. The number of hydrogen-bond donors (Lipinski definition) is 2. The molecule has 2 fully saturated rings. The number of aromatic nitrogens is 2. The molecule has 0 bridgehead atoms.